The van der Waals surface area contributed by atoms with Crippen molar-refractivity contribution in [3.63, 3.8) is 0 Å². The number of carboxylic acids is 1. The standard InChI is InChI=1S/C14H22FN3O2/c1-14(2,3)18-5-4-16-12(18)9-17-8-10(15)6-11(17)7-13(19)20/h4-5,10-11H,6-9H2,1-3H3,(H,19,20)/t10-,11-/m0/s1. The van der Waals surface area contributed by atoms with Crippen LogP contribution in [-0.2, 0) is 16.9 Å². The Labute approximate surface area is 118 Å². The summed E-state index contributed by atoms with van der Waals surface area (Å²) in [5.41, 5.74) is -0.0943. The third kappa shape index (κ3) is 3.36. The van der Waals surface area contributed by atoms with Gasteiger partial charge in [0.1, 0.15) is 12.0 Å². The normalized spacial score (nSPS) is 24.2. The van der Waals surface area contributed by atoms with Gasteiger partial charge in [-0.15, -0.1) is 0 Å². The van der Waals surface area contributed by atoms with Gasteiger partial charge in [-0.3, -0.25) is 9.69 Å². The molecule has 0 radical (unpaired) electrons. The number of hydrogen-bond donors (Lipinski definition) is 1. The van der Waals surface area contributed by atoms with E-state index in [9.17, 15) is 9.18 Å². The second-order valence-corrected chi connectivity index (χ2v) is 6.40. The fourth-order valence-corrected chi connectivity index (χ4v) is 2.77. The Morgan fingerprint density at radius 3 is 2.85 bits per heavy atom. The van der Waals surface area contributed by atoms with Crippen LogP contribution in [0.4, 0.5) is 4.39 Å². The lowest BCUT2D eigenvalue weighted by Crippen LogP contribution is -2.34. The molecule has 1 aromatic rings. The van der Waals surface area contributed by atoms with Crippen LogP contribution in [0.25, 0.3) is 0 Å². The number of hydrogen-bond acceptors (Lipinski definition) is 3. The fraction of sp³-hybridized carbons (Fsp3) is 0.714. The SMILES string of the molecule is CC(C)(C)n1ccnc1CN1C[C@@H](F)C[C@H]1CC(=O)O. The minimum absolute atomic E-state index is 0.0172. The van der Waals surface area contributed by atoms with E-state index in [4.69, 9.17) is 5.11 Å². The second-order valence-electron chi connectivity index (χ2n) is 6.40. The second kappa shape index (κ2) is 5.52. The summed E-state index contributed by atoms with van der Waals surface area (Å²) in [6.45, 7) is 7.01. The van der Waals surface area contributed by atoms with Crippen molar-refractivity contribution in [1.29, 1.82) is 0 Å². The van der Waals surface area contributed by atoms with Crippen LogP contribution in [0, 0.1) is 0 Å². The monoisotopic (exact) mass is 283 g/mol. The van der Waals surface area contributed by atoms with Crippen LogP contribution in [0.5, 0.6) is 0 Å². The molecule has 2 rings (SSSR count). The fourth-order valence-electron chi connectivity index (χ4n) is 2.77. The summed E-state index contributed by atoms with van der Waals surface area (Å²) < 4.78 is 15.6. The molecule has 1 aromatic heterocycles. The maximum absolute atomic E-state index is 13.6. The summed E-state index contributed by atoms with van der Waals surface area (Å²) in [5, 5.41) is 8.92. The van der Waals surface area contributed by atoms with Crippen molar-refractivity contribution in [2.45, 2.75) is 57.9 Å². The Hall–Kier alpha value is -1.43. The Morgan fingerprint density at radius 2 is 2.25 bits per heavy atom. The van der Waals surface area contributed by atoms with Crippen molar-refractivity contribution in [2.24, 2.45) is 0 Å². The molecule has 0 aromatic carbocycles. The molecule has 1 aliphatic heterocycles. The molecule has 2 heterocycles. The van der Waals surface area contributed by atoms with E-state index in [-0.39, 0.29) is 24.5 Å². The van der Waals surface area contributed by atoms with Gasteiger partial charge < -0.3 is 9.67 Å². The summed E-state index contributed by atoms with van der Waals surface area (Å²) in [7, 11) is 0. The average molecular weight is 283 g/mol. The zero-order valence-electron chi connectivity index (χ0n) is 12.2. The van der Waals surface area contributed by atoms with Crippen LogP contribution >= 0.6 is 0 Å². The van der Waals surface area contributed by atoms with Crippen LogP contribution < -0.4 is 0 Å². The summed E-state index contributed by atoms with van der Waals surface area (Å²) >= 11 is 0. The van der Waals surface area contributed by atoms with Crippen LogP contribution in [-0.4, -0.2) is 44.3 Å². The Balaban J connectivity index is 2.12. The number of aliphatic carboxylic acids is 1. The van der Waals surface area contributed by atoms with Gasteiger partial charge >= 0.3 is 5.97 Å². The molecule has 1 N–H and O–H groups in total. The highest BCUT2D eigenvalue weighted by Gasteiger charge is 2.34. The molecule has 0 amide bonds. The highest BCUT2D eigenvalue weighted by atomic mass is 19.1. The van der Waals surface area contributed by atoms with Gasteiger partial charge in [0.05, 0.1) is 13.0 Å². The minimum atomic E-state index is -0.947. The topological polar surface area (TPSA) is 58.4 Å². The van der Waals surface area contributed by atoms with Gasteiger partial charge in [0.2, 0.25) is 0 Å². The van der Waals surface area contributed by atoms with Crippen LogP contribution in [0.15, 0.2) is 12.4 Å². The molecule has 0 saturated carbocycles. The van der Waals surface area contributed by atoms with Crippen molar-refractivity contribution in [1.82, 2.24) is 14.5 Å². The van der Waals surface area contributed by atoms with Gasteiger partial charge in [-0.2, -0.15) is 0 Å². The van der Waals surface area contributed by atoms with E-state index < -0.39 is 12.1 Å². The quantitative estimate of drug-likeness (QED) is 0.918. The third-order valence-electron chi connectivity index (χ3n) is 3.67. The van der Waals surface area contributed by atoms with Crippen molar-refractivity contribution >= 4 is 5.97 Å². The summed E-state index contributed by atoms with van der Waals surface area (Å²) in [4.78, 5) is 17.1. The summed E-state index contributed by atoms with van der Waals surface area (Å²) in [5.74, 6) is -0.0322. The zero-order valence-corrected chi connectivity index (χ0v) is 12.2. The molecule has 0 spiro atoms. The largest absolute Gasteiger partial charge is 0.481 e. The van der Waals surface area contributed by atoms with E-state index in [1.54, 1.807) is 6.20 Å². The van der Waals surface area contributed by atoms with Crippen molar-refractivity contribution in [3.05, 3.63) is 18.2 Å². The maximum atomic E-state index is 13.6. The van der Waals surface area contributed by atoms with Gasteiger partial charge in [0.25, 0.3) is 0 Å². The zero-order chi connectivity index (χ0) is 14.9. The molecule has 1 fully saturated rings. The molecule has 0 unspecified atom stereocenters. The number of aromatic nitrogens is 2. The Kier molecular flexibility index (Phi) is 4.13. The van der Waals surface area contributed by atoms with Gasteiger partial charge in [0, 0.05) is 30.5 Å². The molecule has 2 atom stereocenters. The number of halogens is 1. The van der Waals surface area contributed by atoms with E-state index in [2.05, 4.69) is 30.3 Å². The molecule has 20 heavy (non-hydrogen) atoms. The minimum Gasteiger partial charge on any atom is -0.481 e. The average Bonchev–Trinajstić information content (AvgIpc) is 2.85. The van der Waals surface area contributed by atoms with Crippen LogP contribution in [0.2, 0.25) is 0 Å². The number of imidazole rings is 1. The van der Waals surface area contributed by atoms with Crippen molar-refractivity contribution < 1.29 is 14.3 Å². The first-order chi connectivity index (χ1) is 9.27. The van der Waals surface area contributed by atoms with E-state index >= 15 is 0 Å². The molecular formula is C14H22FN3O2. The van der Waals surface area contributed by atoms with Gasteiger partial charge in [-0.1, -0.05) is 0 Å². The first-order valence-corrected chi connectivity index (χ1v) is 6.90. The summed E-state index contributed by atoms with van der Waals surface area (Å²) in [6, 6.07) is -0.243. The van der Waals surface area contributed by atoms with Gasteiger partial charge in [-0.05, 0) is 27.2 Å². The lowest BCUT2D eigenvalue weighted by molar-refractivity contribution is -0.138. The van der Waals surface area contributed by atoms with E-state index in [0.29, 0.717) is 13.0 Å². The van der Waals surface area contributed by atoms with Gasteiger partial charge in [0.15, 0.2) is 0 Å². The maximum Gasteiger partial charge on any atom is 0.304 e. The predicted molar refractivity (Wildman–Crippen MR) is 73.2 cm³/mol. The lowest BCUT2D eigenvalue weighted by Gasteiger charge is -2.27. The number of carboxylic acid groups (broad SMARTS) is 1. The summed E-state index contributed by atoms with van der Waals surface area (Å²) in [6.07, 6.45) is 2.97. The van der Waals surface area contributed by atoms with E-state index in [1.807, 2.05) is 11.1 Å². The van der Waals surface area contributed by atoms with E-state index in [1.165, 1.54) is 0 Å². The number of nitrogens with zero attached hydrogens (tertiary/aromatic N) is 3. The number of alkyl halides is 1. The first-order valence-electron chi connectivity index (χ1n) is 6.90. The van der Waals surface area contributed by atoms with Gasteiger partial charge in [-0.25, -0.2) is 9.37 Å². The molecule has 5 nitrogen and oxygen atoms in total. The molecule has 1 aliphatic rings. The Morgan fingerprint density at radius 1 is 1.55 bits per heavy atom. The Bertz CT molecular complexity index is 481. The third-order valence-corrected chi connectivity index (χ3v) is 3.67. The highest BCUT2D eigenvalue weighted by Crippen LogP contribution is 2.26. The number of likely N-dealkylation sites (tertiary alicyclic amines) is 1. The van der Waals surface area contributed by atoms with Crippen molar-refractivity contribution in [3.8, 4) is 0 Å². The smallest absolute Gasteiger partial charge is 0.304 e. The highest BCUT2D eigenvalue weighted by molar-refractivity contribution is 5.67. The number of rotatable bonds is 4. The lowest BCUT2D eigenvalue weighted by atomic mass is 10.1. The van der Waals surface area contributed by atoms with E-state index in [0.717, 1.165) is 5.82 Å². The first kappa shape index (κ1) is 15.0. The molecule has 6 heteroatoms. The molecule has 112 valence electrons. The molecule has 0 bridgehead atoms. The molecule has 1 saturated heterocycles. The van der Waals surface area contributed by atoms with Crippen molar-refractivity contribution in [2.75, 3.05) is 6.54 Å². The predicted octanol–water partition coefficient (Wildman–Crippen LogP) is 2.03. The van der Waals surface area contributed by atoms with Crippen LogP contribution in [0.1, 0.15) is 39.4 Å². The molecular weight excluding hydrogens is 261 g/mol. The number of carbonyl (C=O) groups is 1. The van der Waals surface area contributed by atoms with Crippen LogP contribution in [0.3, 0.4) is 0 Å². The molecule has 0 aliphatic carbocycles.